The molecule has 5 nitrogen and oxygen atoms in total. The fourth-order valence-corrected chi connectivity index (χ4v) is 4.77. The maximum absolute atomic E-state index is 13.2. The van der Waals surface area contributed by atoms with E-state index in [9.17, 15) is 14.5 Å². The highest BCUT2D eigenvalue weighted by molar-refractivity contribution is 7.07. The zero-order chi connectivity index (χ0) is 20.2. The Morgan fingerprint density at radius 2 is 1.76 bits per heavy atom. The van der Waals surface area contributed by atoms with Crippen molar-refractivity contribution in [1.29, 1.82) is 0 Å². The number of hydrogen-bond donors (Lipinski definition) is 0. The lowest BCUT2D eigenvalue weighted by molar-refractivity contribution is -0.384. The molecule has 1 saturated carbocycles. The predicted molar refractivity (Wildman–Crippen MR) is 113 cm³/mol. The number of nitro groups is 1. The minimum atomic E-state index is -0.386. The Balaban J connectivity index is 1.75. The van der Waals surface area contributed by atoms with E-state index in [0.29, 0.717) is 11.6 Å². The lowest BCUT2D eigenvalue weighted by Gasteiger charge is -2.23. The molecule has 1 aromatic heterocycles. The van der Waals surface area contributed by atoms with Crippen molar-refractivity contribution in [1.82, 2.24) is 4.57 Å². The molecule has 0 bridgehead atoms. The second-order valence-electron chi connectivity index (χ2n) is 7.41. The number of thiazole rings is 1. The molecule has 1 aliphatic rings. The molecule has 4 rings (SSSR count). The standard InChI is InChI=1S/C22H22FN3O2S/c23-18-8-10-19(11-9-18)24-22-25(14-16-4-2-1-3-5-16)21(15-29-22)17-6-12-20(13-7-17)26(27)28/h6-13,15-16H,1-5,14H2. The van der Waals surface area contributed by atoms with Gasteiger partial charge in [-0.05, 0) is 60.7 Å². The monoisotopic (exact) mass is 411 g/mol. The van der Waals surface area contributed by atoms with E-state index in [0.717, 1.165) is 22.6 Å². The Bertz CT molecular complexity index is 1050. The van der Waals surface area contributed by atoms with Crippen molar-refractivity contribution in [3.8, 4) is 11.3 Å². The molecular formula is C22H22FN3O2S. The van der Waals surface area contributed by atoms with Crippen molar-refractivity contribution in [3.05, 3.63) is 74.6 Å². The summed E-state index contributed by atoms with van der Waals surface area (Å²) < 4.78 is 15.4. The first-order valence-electron chi connectivity index (χ1n) is 9.83. The Morgan fingerprint density at radius 1 is 1.07 bits per heavy atom. The van der Waals surface area contributed by atoms with Crippen molar-refractivity contribution in [2.45, 2.75) is 38.6 Å². The Morgan fingerprint density at radius 3 is 2.41 bits per heavy atom. The SMILES string of the molecule is O=[N+]([O-])c1ccc(-c2csc(=Nc3ccc(F)cc3)n2CC2CCCCC2)cc1. The van der Waals surface area contributed by atoms with Crippen LogP contribution in [0.25, 0.3) is 11.3 Å². The van der Waals surface area contributed by atoms with Crippen LogP contribution in [-0.2, 0) is 6.54 Å². The highest BCUT2D eigenvalue weighted by Gasteiger charge is 2.18. The number of benzene rings is 2. The third-order valence-corrected chi connectivity index (χ3v) is 6.25. The fraction of sp³-hybridized carbons (Fsp3) is 0.318. The van der Waals surface area contributed by atoms with Gasteiger partial charge < -0.3 is 4.57 Å². The molecule has 0 radical (unpaired) electrons. The van der Waals surface area contributed by atoms with Gasteiger partial charge >= 0.3 is 0 Å². The van der Waals surface area contributed by atoms with Gasteiger partial charge in [0.15, 0.2) is 4.80 Å². The Labute approximate surface area is 172 Å². The Hall–Kier alpha value is -2.80. The highest BCUT2D eigenvalue weighted by Crippen LogP contribution is 2.29. The summed E-state index contributed by atoms with van der Waals surface area (Å²) in [6, 6.07) is 12.8. The molecular weight excluding hydrogens is 389 g/mol. The zero-order valence-corrected chi connectivity index (χ0v) is 16.8. The minimum Gasteiger partial charge on any atom is -0.316 e. The van der Waals surface area contributed by atoms with Gasteiger partial charge in [-0.3, -0.25) is 10.1 Å². The van der Waals surface area contributed by atoms with E-state index >= 15 is 0 Å². The van der Waals surface area contributed by atoms with Crippen LogP contribution in [0, 0.1) is 21.8 Å². The number of non-ortho nitro benzene ring substituents is 1. The van der Waals surface area contributed by atoms with Crippen LogP contribution < -0.4 is 4.80 Å². The largest absolute Gasteiger partial charge is 0.316 e. The van der Waals surface area contributed by atoms with E-state index in [2.05, 4.69) is 4.57 Å². The van der Waals surface area contributed by atoms with Crippen molar-refractivity contribution in [3.63, 3.8) is 0 Å². The van der Waals surface area contributed by atoms with Crippen molar-refractivity contribution >= 4 is 22.7 Å². The van der Waals surface area contributed by atoms with Crippen LogP contribution in [0.1, 0.15) is 32.1 Å². The molecule has 0 aliphatic heterocycles. The van der Waals surface area contributed by atoms with Gasteiger partial charge in [0.05, 0.1) is 16.3 Å². The van der Waals surface area contributed by atoms with Gasteiger partial charge in [0.1, 0.15) is 5.82 Å². The smallest absolute Gasteiger partial charge is 0.269 e. The molecule has 29 heavy (non-hydrogen) atoms. The quantitative estimate of drug-likeness (QED) is 0.377. The van der Waals surface area contributed by atoms with Crippen LogP contribution in [0.2, 0.25) is 0 Å². The number of hydrogen-bond acceptors (Lipinski definition) is 4. The first-order chi connectivity index (χ1) is 14.1. The second-order valence-corrected chi connectivity index (χ2v) is 8.25. The fourth-order valence-electron chi connectivity index (χ4n) is 3.83. The van der Waals surface area contributed by atoms with Crippen LogP contribution in [0.5, 0.6) is 0 Å². The number of halogens is 1. The number of nitrogens with zero attached hydrogens (tertiary/aromatic N) is 3. The maximum atomic E-state index is 13.2. The molecule has 7 heteroatoms. The van der Waals surface area contributed by atoms with Crippen LogP contribution in [0.15, 0.2) is 58.9 Å². The summed E-state index contributed by atoms with van der Waals surface area (Å²) in [6.45, 7) is 0.871. The molecule has 150 valence electrons. The third-order valence-electron chi connectivity index (χ3n) is 5.39. The second kappa shape index (κ2) is 8.69. The van der Waals surface area contributed by atoms with Crippen LogP contribution >= 0.6 is 11.3 Å². The van der Waals surface area contributed by atoms with E-state index < -0.39 is 0 Å². The first kappa shape index (κ1) is 19.5. The van der Waals surface area contributed by atoms with E-state index in [-0.39, 0.29) is 16.4 Å². The average molecular weight is 412 g/mol. The number of rotatable bonds is 5. The van der Waals surface area contributed by atoms with Gasteiger partial charge in [-0.1, -0.05) is 19.3 Å². The molecule has 0 unspecified atom stereocenters. The van der Waals surface area contributed by atoms with Crippen molar-refractivity contribution in [2.75, 3.05) is 0 Å². The first-order valence-corrected chi connectivity index (χ1v) is 10.7. The highest BCUT2D eigenvalue weighted by atomic mass is 32.1. The van der Waals surface area contributed by atoms with Crippen LogP contribution in [0.3, 0.4) is 0 Å². The lowest BCUT2D eigenvalue weighted by Crippen LogP contribution is -2.22. The van der Waals surface area contributed by atoms with Crippen molar-refractivity contribution in [2.24, 2.45) is 10.9 Å². The molecule has 1 heterocycles. The van der Waals surface area contributed by atoms with E-state index in [1.165, 1.54) is 67.7 Å². The molecule has 0 N–H and O–H groups in total. The third kappa shape index (κ3) is 4.62. The normalized spacial score (nSPS) is 15.6. The molecule has 3 aromatic rings. The summed E-state index contributed by atoms with van der Waals surface area (Å²) in [5.41, 5.74) is 2.74. The summed E-state index contributed by atoms with van der Waals surface area (Å²) in [5.74, 6) is 0.319. The lowest BCUT2D eigenvalue weighted by atomic mass is 9.89. The molecule has 2 aromatic carbocycles. The summed E-state index contributed by atoms with van der Waals surface area (Å²) in [4.78, 5) is 16.2. The van der Waals surface area contributed by atoms with Gasteiger partial charge in [0.2, 0.25) is 0 Å². The number of nitro benzene ring substituents is 1. The van der Waals surface area contributed by atoms with Crippen LogP contribution in [-0.4, -0.2) is 9.49 Å². The summed E-state index contributed by atoms with van der Waals surface area (Å²) in [5, 5.41) is 13.0. The van der Waals surface area contributed by atoms with Gasteiger partial charge in [0.25, 0.3) is 5.69 Å². The average Bonchev–Trinajstić information content (AvgIpc) is 3.12. The van der Waals surface area contributed by atoms with Gasteiger partial charge in [0, 0.05) is 24.1 Å². The molecule has 0 saturated heterocycles. The molecule has 1 fully saturated rings. The number of aromatic nitrogens is 1. The zero-order valence-electron chi connectivity index (χ0n) is 16.0. The van der Waals surface area contributed by atoms with Gasteiger partial charge in [-0.15, -0.1) is 11.3 Å². The molecule has 0 atom stereocenters. The molecule has 0 spiro atoms. The van der Waals surface area contributed by atoms with E-state index in [1.54, 1.807) is 24.3 Å². The van der Waals surface area contributed by atoms with Gasteiger partial charge in [-0.2, -0.15) is 0 Å². The summed E-state index contributed by atoms with van der Waals surface area (Å²) >= 11 is 1.54. The summed E-state index contributed by atoms with van der Waals surface area (Å²) in [6.07, 6.45) is 6.23. The van der Waals surface area contributed by atoms with E-state index in [4.69, 9.17) is 4.99 Å². The topological polar surface area (TPSA) is 60.4 Å². The molecule has 1 aliphatic carbocycles. The molecule has 0 amide bonds. The van der Waals surface area contributed by atoms with Gasteiger partial charge in [-0.25, -0.2) is 9.38 Å². The summed E-state index contributed by atoms with van der Waals surface area (Å²) in [7, 11) is 0. The van der Waals surface area contributed by atoms with E-state index in [1.807, 2.05) is 5.38 Å². The van der Waals surface area contributed by atoms with Crippen LogP contribution in [0.4, 0.5) is 15.8 Å². The van der Waals surface area contributed by atoms with Crippen molar-refractivity contribution < 1.29 is 9.31 Å². The Kier molecular flexibility index (Phi) is 5.85. The predicted octanol–water partition coefficient (Wildman–Crippen LogP) is 6.08. The maximum Gasteiger partial charge on any atom is 0.269 e. The minimum absolute atomic E-state index is 0.0824.